The fourth-order valence-corrected chi connectivity index (χ4v) is 5.84. The van der Waals surface area contributed by atoms with Crippen LogP contribution in [-0.4, -0.2) is 28.7 Å². The fourth-order valence-electron chi connectivity index (χ4n) is 4.19. The van der Waals surface area contributed by atoms with Crippen molar-refractivity contribution in [1.29, 1.82) is 0 Å². The SMILES string of the molecule is O=c1c2c3n(c(SCc4cn5ccsc5n4)nc-2nn1-c1ccccc1)CCCCC3. The van der Waals surface area contributed by atoms with Crippen LogP contribution in [0, 0.1) is 0 Å². The van der Waals surface area contributed by atoms with Gasteiger partial charge < -0.3 is 4.57 Å². The summed E-state index contributed by atoms with van der Waals surface area (Å²) in [5, 5.41) is 7.56. The smallest absolute Gasteiger partial charge is 0.284 e. The van der Waals surface area contributed by atoms with E-state index < -0.39 is 0 Å². The van der Waals surface area contributed by atoms with Crippen molar-refractivity contribution in [2.75, 3.05) is 0 Å². The van der Waals surface area contributed by atoms with E-state index in [9.17, 15) is 4.79 Å². The van der Waals surface area contributed by atoms with Gasteiger partial charge in [-0.3, -0.25) is 9.20 Å². The molecule has 0 N–H and O–H groups in total. The highest BCUT2D eigenvalue weighted by Crippen LogP contribution is 2.31. The Morgan fingerprint density at radius 1 is 1.10 bits per heavy atom. The van der Waals surface area contributed by atoms with Gasteiger partial charge in [0, 0.05) is 35.8 Å². The molecule has 3 aliphatic rings. The number of imidazole rings is 1. The summed E-state index contributed by atoms with van der Waals surface area (Å²) in [4.78, 5) is 23.9. The third-order valence-electron chi connectivity index (χ3n) is 5.66. The van der Waals surface area contributed by atoms with Gasteiger partial charge in [-0.15, -0.1) is 16.4 Å². The van der Waals surface area contributed by atoms with Gasteiger partial charge in [0.05, 0.1) is 11.4 Å². The Labute approximate surface area is 186 Å². The van der Waals surface area contributed by atoms with E-state index in [0.29, 0.717) is 11.4 Å². The van der Waals surface area contributed by atoms with Crippen LogP contribution in [0.1, 0.15) is 30.7 Å². The molecular formula is C22H20N6OS2. The molecule has 7 nitrogen and oxygen atoms in total. The Morgan fingerprint density at radius 2 is 2.00 bits per heavy atom. The zero-order chi connectivity index (χ0) is 20.8. The zero-order valence-corrected chi connectivity index (χ0v) is 18.4. The zero-order valence-electron chi connectivity index (χ0n) is 16.8. The molecule has 31 heavy (non-hydrogen) atoms. The van der Waals surface area contributed by atoms with Crippen LogP contribution in [0.5, 0.6) is 0 Å². The van der Waals surface area contributed by atoms with Crippen molar-refractivity contribution in [3.8, 4) is 17.1 Å². The third-order valence-corrected chi connectivity index (χ3v) is 7.44. The Balaban J connectivity index is 1.45. The highest BCUT2D eigenvalue weighted by molar-refractivity contribution is 7.98. The first-order valence-electron chi connectivity index (χ1n) is 10.4. The van der Waals surface area contributed by atoms with Crippen molar-refractivity contribution in [1.82, 2.24) is 28.7 Å². The first-order valence-corrected chi connectivity index (χ1v) is 12.3. The normalized spacial score (nSPS) is 14.2. The first kappa shape index (κ1) is 18.8. The second kappa shape index (κ2) is 7.65. The minimum Gasteiger partial charge on any atom is -0.324 e. The quantitative estimate of drug-likeness (QED) is 0.303. The van der Waals surface area contributed by atoms with Crippen molar-refractivity contribution < 1.29 is 0 Å². The summed E-state index contributed by atoms with van der Waals surface area (Å²) in [5.41, 5.74) is 3.46. The molecule has 0 spiro atoms. The molecule has 3 aromatic rings. The lowest BCUT2D eigenvalue weighted by Gasteiger charge is -2.17. The average Bonchev–Trinajstić information content (AvgIpc) is 3.41. The monoisotopic (exact) mass is 448 g/mol. The van der Waals surface area contributed by atoms with Crippen LogP contribution >= 0.6 is 23.1 Å². The standard InChI is InChI=1S/C22H20N6OS2/c29-20-18-17-9-5-2-6-10-27(17)22(31-14-15-13-26-11-12-30-21(26)23-15)24-19(18)25-28(20)16-7-3-1-4-8-16/h1,3-4,7-8,11-13H,2,5-6,9-10,14H2. The van der Waals surface area contributed by atoms with Crippen LogP contribution in [-0.2, 0) is 18.7 Å². The van der Waals surface area contributed by atoms with Gasteiger partial charge in [0.15, 0.2) is 15.9 Å². The van der Waals surface area contributed by atoms with Crippen molar-refractivity contribution in [3.63, 3.8) is 0 Å². The van der Waals surface area contributed by atoms with E-state index in [4.69, 9.17) is 9.97 Å². The Hall–Kier alpha value is -2.91. The van der Waals surface area contributed by atoms with Crippen LogP contribution in [0.3, 0.4) is 0 Å². The molecule has 6 rings (SSSR count). The van der Waals surface area contributed by atoms with Crippen LogP contribution in [0.15, 0.2) is 58.1 Å². The number of hydrogen-bond donors (Lipinski definition) is 0. The van der Waals surface area contributed by atoms with Gasteiger partial charge in [-0.05, 0) is 31.4 Å². The highest BCUT2D eigenvalue weighted by atomic mass is 32.2. The topological polar surface area (TPSA) is 70.0 Å². The van der Waals surface area contributed by atoms with Gasteiger partial charge in [-0.2, -0.15) is 4.68 Å². The predicted molar refractivity (Wildman–Crippen MR) is 122 cm³/mol. The van der Waals surface area contributed by atoms with Crippen molar-refractivity contribution in [3.05, 3.63) is 69.8 Å². The van der Waals surface area contributed by atoms with E-state index in [0.717, 1.165) is 65.2 Å². The lowest BCUT2D eigenvalue weighted by atomic mass is 10.1. The Morgan fingerprint density at radius 3 is 2.87 bits per heavy atom. The number of thiazole rings is 1. The molecule has 0 aliphatic carbocycles. The first-order chi connectivity index (χ1) is 15.3. The Bertz CT molecular complexity index is 1370. The van der Waals surface area contributed by atoms with Crippen molar-refractivity contribution in [2.45, 2.75) is 43.1 Å². The van der Waals surface area contributed by atoms with Crippen LogP contribution in [0.2, 0.25) is 0 Å². The molecule has 0 fully saturated rings. The van der Waals surface area contributed by atoms with E-state index in [1.807, 2.05) is 41.9 Å². The largest absolute Gasteiger partial charge is 0.324 e. The van der Waals surface area contributed by atoms with E-state index in [-0.39, 0.29) is 5.56 Å². The summed E-state index contributed by atoms with van der Waals surface area (Å²) in [6, 6.07) is 9.58. The summed E-state index contributed by atoms with van der Waals surface area (Å²) in [6.07, 6.45) is 8.31. The number of para-hydroxylation sites is 1. The average molecular weight is 449 g/mol. The molecule has 0 atom stereocenters. The molecule has 0 amide bonds. The molecule has 0 radical (unpaired) electrons. The molecule has 9 heteroatoms. The maximum Gasteiger partial charge on any atom is 0.284 e. The Kier molecular flexibility index (Phi) is 4.65. The molecule has 0 saturated carbocycles. The van der Waals surface area contributed by atoms with E-state index in [2.05, 4.69) is 20.3 Å². The number of nitrogens with zero attached hydrogens (tertiary/aromatic N) is 6. The number of benzene rings is 1. The molecule has 2 aromatic heterocycles. The van der Waals surface area contributed by atoms with E-state index in [1.165, 1.54) is 4.68 Å². The molecule has 3 aliphatic heterocycles. The summed E-state index contributed by atoms with van der Waals surface area (Å²) < 4.78 is 5.79. The predicted octanol–water partition coefficient (Wildman–Crippen LogP) is 4.26. The lowest BCUT2D eigenvalue weighted by molar-refractivity contribution is 0.571. The van der Waals surface area contributed by atoms with E-state index in [1.54, 1.807) is 23.1 Å². The molecule has 0 saturated heterocycles. The number of rotatable bonds is 4. The molecule has 0 unspecified atom stereocenters. The maximum absolute atomic E-state index is 13.3. The number of hydrogen-bond acceptors (Lipinski definition) is 6. The van der Waals surface area contributed by atoms with Crippen LogP contribution < -0.4 is 5.56 Å². The second-order valence-electron chi connectivity index (χ2n) is 7.67. The summed E-state index contributed by atoms with van der Waals surface area (Å²) in [7, 11) is 0. The molecule has 156 valence electrons. The van der Waals surface area contributed by atoms with Gasteiger partial charge in [0.25, 0.3) is 5.56 Å². The van der Waals surface area contributed by atoms with Crippen LogP contribution in [0.4, 0.5) is 0 Å². The van der Waals surface area contributed by atoms with Gasteiger partial charge in [-0.1, -0.05) is 36.4 Å². The summed E-state index contributed by atoms with van der Waals surface area (Å²) >= 11 is 3.30. The minimum atomic E-state index is -0.0785. The highest BCUT2D eigenvalue weighted by Gasteiger charge is 2.27. The van der Waals surface area contributed by atoms with Crippen molar-refractivity contribution in [2.24, 2.45) is 0 Å². The molecular weight excluding hydrogens is 428 g/mol. The van der Waals surface area contributed by atoms with Crippen molar-refractivity contribution >= 4 is 28.1 Å². The summed E-state index contributed by atoms with van der Waals surface area (Å²) in [5.74, 6) is 1.27. The van der Waals surface area contributed by atoms with E-state index >= 15 is 0 Å². The van der Waals surface area contributed by atoms with Gasteiger partial charge in [0.2, 0.25) is 0 Å². The lowest BCUT2D eigenvalue weighted by Crippen LogP contribution is -2.19. The van der Waals surface area contributed by atoms with Crippen LogP contribution in [0.25, 0.3) is 22.0 Å². The second-order valence-corrected chi connectivity index (χ2v) is 9.48. The summed E-state index contributed by atoms with van der Waals surface area (Å²) in [6.45, 7) is 0.884. The molecule has 5 heterocycles. The number of fused-ring (bicyclic) bond motifs is 4. The molecule has 0 bridgehead atoms. The maximum atomic E-state index is 13.3. The van der Waals surface area contributed by atoms with Gasteiger partial charge in [0.1, 0.15) is 5.56 Å². The van der Waals surface area contributed by atoms with Gasteiger partial charge >= 0.3 is 0 Å². The third kappa shape index (κ3) is 3.28. The number of aromatic nitrogens is 6. The fraction of sp³-hybridized carbons (Fsp3) is 0.273. The van der Waals surface area contributed by atoms with Gasteiger partial charge in [-0.25, -0.2) is 9.97 Å². The molecule has 1 aromatic carbocycles. The minimum absolute atomic E-state index is 0.0785. The number of thioether (sulfide) groups is 1.